The summed E-state index contributed by atoms with van der Waals surface area (Å²) in [4.78, 5) is 0. The first-order valence-electron chi connectivity index (χ1n) is 3.64. The first-order valence-corrected chi connectivity index (χ1v) is 3.64. The second kappa shape index (κ2) is 5.24. The van der Waals surface area contributed by atoms with Crippen molar-refractivity contribution < 1.29 is 5.11 Å². The van der Waals surface area contributed by atoms with Crippen LogP contribution < -0.4 is 0 Å². The summed E-state index contributed by atoms with van der Waals surface area (Å²) in [6.45, 7) is 7.55. The van der Waals surface area contributed by atoms with Crippen molar-refractivity contribution in [2.45, 2.75) is 26.4 Å². The Morgan fingerprint density at radius 1 is 1.50 bits per heavy atom. The van der Waals surface area contributed by atoms with Crippen LogP contribution in [0.3, 0.4) is 0 Å². The second-order valence-corrected chi connectivity index (χ2v) is 2.71. The Balaban J connectivity index is 3.48. The van der Waals surface area contributed by atoms with E-state index in [2.05, 4.69) is 6.58 Å². The Labute approximate surface area is 63.1 Å². The average Bonchev–Trinajstić information content (AvgIpc) is 1.88. The number of hydrogen-bond acceptors (Lipinski definition) is 1. The summed E-state index contributed by atoms with van der Waals surface area (Å²) < 4.78 is 0. The fourth-order valence-corrected chi connectivity index (χ4v) is 0.586. The molecule has 1 nitrogen and oxygen atoms in total. The third kappa shape index (κ3) is 4.33. The van der Waals surface area contributed by atoms with E-state index in [-0.39, 0.29) is 6.10 Å². The highest BCUT2D eigenvalue weighted by Crippen LogP contribution is 2.05. The van der Waals surface area contributed by atoms with E-state index in [4.69, 9.17) is 0 Å². The molecule has 0 aliphatic carbocycles. The Hall–Kier alpha value is -0.560. The van der Waals surface area contributed by atoms with Gasteiger partial charge in [0.05, 0.1) is 6.10 Å². The van der Waals surface area contributed by atoms with Gasteiger partial charge in [0.15, 0.2) is 0 Å². The molecule has 0 amide bonds. The van der Waals surface area contributed by atoms with Gasteiger partial charge in [0.2, 0.25) is 0 Å². The molecular formula is C9H16O. The second-order valence-electron chi connectivity index (χ2n) is 2.71. The van der Waals surface area contributed by atoms with Gasteiger partial charge in [-0.25, -0.2) is 0 Å². The van der Waals surface area contributed by atoms with Crippen LogP contribution in [-0.4, -0.2) is 11.2 Å². The largest absolute Gasteiger partial charge is 0.393 e. The fraction of sp³-hybridized carbons (Fsp3) is 0.556. The molecule has 0 saturated carbocycles. The van der Waals surface area contributed by atoms with E-state index in [0.717, 1.165) is 6.42 Å². The number of aliphatic hydroxyl groups is 1. The lowest BCUT2D eigenvalue weighted by molar-refractivity contribution is 0.128. The summed E-state index contributed by atoms with van der Waals surface area (Å²) in [5.41, 5.74) is 0. The van der Waals surface area contributed by atoms with Gasteiger partial charge in [0.1, 0.15) is 0 Å². The normalized spacial score (nSPS) is 14.4. The fourth-order valence-electron chi connectivity index (χ4n) is 0.586. The molecule has 1 N–H and O–H groups in total. The van der Waals surface area contributed by atoms with Crippen LogP contribution in [0.25, 0.3) is 0 Å². The number of allylic oxidation sites excluding steroid dienone is 2. The average molecular weight is 140 g/mol. The molecule has 0 aromatic heterocycles. The van der Waals surface area contributed by atoms with Crippen molar-refractivity contribution in [3.8, 4) is 0 Å². The van der Waals surface area contributed by atoms with E-state index < -0.39 is 0 Å². The van der Waals surface area contributed by atoms with Gasteiger partial charge in [0, 0.05) is 0 Å². The van der Waals surface area contributed by atoms with Crippen LogP contribution in [0, 0.1) is 5.92 Å². The molecular weight excluding hydrogens is 124 g/mol. The summed E-state index contributed by atoms with van der Waals surface area (Å²) in [6.07, 6.45) is 6.01. The molecule has 1 atom stereocenters. The molecule has 1 heteroatoms. The molecule has 0 aliphatic heterocycles. The standard InChI is InChI=1S/C9H16O/c1-4-5-6-7-9(10)8(2)3/h4-6,8-10H,1,7H2,2-3H3/b6-5+. The van der Waals surface area contributed by atoms with E-state index in [9.17, 15) is 5.11 Å². The summed E-state index contributed by atoms with van der Waals surface area (Å²) in [7, 11) is 0. The minimum atomic E-state index is -0.212. The van der Waals surface area contributed by atoms with E-state index in [1.54, 1.807) is 6.08 Å². The van der Waals surface area contributed by atoms with E-state index in [1.807, 2.05) is 26.0 Å². The minimum absolute atomic E-state index is 0.212. The molecule has 0 rings (SSSR count). The first kappa shape index (κ1) is 9.44. The number of hydrogen-bond donors (Lipinski definition) is 1. The summed E-state index contributed by atoms with van der Waals surface area (Å²) in [6, 6.07) is 0. The molecule has 10 heavy (non-hydrogen) atoms. The van der Waals surface area contributed by atoms with Crippen LogP contribution in [0.15, 0.2) is 24.8 Å². The molecule has 0 aliphatic rings. The van der Waals surface area contributed by atoms with E-state index in [0.29, 0.717) is 5.92 Å². The van der Waals surface area contributed by atoms with Crippen LogP contribution in [0.1, 0.15) is 20.3 Å². The first-order chi connectivity index (χ1) is 4.68. The van der Waals surface area contributed by atoms with Gasteiger partial charge < -0.3 is 5.11 Å². The highest BCUT2D eigenvalue weighted by Gasteiger charge is 2.04. The van der Waals surface area contributed by atoms with Gasteiger partial charge in [0.25, 0.3) is 0 Å². The zero-order valence-corrected chi connectivity index (χ0v) is 6.75. The van der Waals surface area contributed by atoms with Crippen molar-refractivity contribution >= 4 is 0 Å². The molecule has 0 heterocycles. The molecule has 0 spiro atoms. The SMILES string of the molecule is C=C/C=C/CC(O)C(C)C. The quantitative estimate of drug-likeness (QED) is 0.593. The highest BCUT2D eigenvalue weighted by atomic mass is 16.3. The monoisotopic (exact) mass is 140 g/mol. The zero-order chi connectivity index (χ0) is 7.98. The van der Waals surface area contributed by atoms with Crippen molar-refractivity contribution in [2.24, 2.45) is 5.92 Å². The van der Waals surface area contributed by atoms with E-state index in [1.165, 1.54) is 0 Å². The summed E-state index contributed by atoms with van der Waals surface area (Å²) in [5, 5.41) is 9.27. The Morgan fingerprint density at radius 2 is 2.10 bits per heavy atom. The van der Waals surface area contributed by atoms with Gasteiger partial charge >= 0.3 is 0 Å². The molecule has 0 aromatic carbocycles. The lowest BCUT2D eigenvalue weighted by Crippen LogP contribution is -2.12. The molecule has 0 aromatic rings. The van der Waals surface area contributed by atoms with Crippen LogP contribution in [0.2, 0.25) is 0 Å². The lowest BCUT2D eigenvalue weighted by Gasteiger charge is -2.10. The molecule has 0 fully saturated rings. The van der Waals surface area contributed by atoms with Gasteiger partial charge in [-0.1, -0.05) is 38.7 Å². The molecule has 1 unspecified atom stereocenters. The topological polar surface area (TPSA) is 20.2 Å². The van der Waals surface area contributed by atoms with Crippen LogP contribution >= 0.6 is 0 Å². The predicted octanol–water partition coefficient (Wildman–Crippen LogP) is 2.14. The van der Waals surface area contributed by atoms with Crippen molar-refractivity contribution in [1.82, 2.24) is 0 Å². The van der Waals surface area contributed by atoms with Gasteiger partial charge in [-0.3, -0.25) is 0 Å². The molecule has 0 radical (unpaired) electrons. The molecule has 0 bridgehead atoms. The van der Waals surface area contributed by atoms with Crippen molar-refractivity contribution in [1.29, 1.82) is 0 Å². The summed E-state index contributed by atoms with van der Waals surface area (Å²) in [5.74, 6) is 0.342. The maximum absolute atomic E-state index is 9.27. The van der Waals surface area contributed by atoms with Crippen molar-refractivity contribution in [3.05, 3.63) is 24.8 Å². The smallest absolute Gasteiger partial charge is 0.0597 e. The Kier molecular flexibility index (Phi) is 4.95. The summed E-state index contributed by atoms with van der Waals surface area (Å²) >= 11 is 0. The Bertz CT molecular complexity index is 114. The minimum Gasteiger partial charge on any atom is -0.393 e. The predicted molar refractivity (Wildman–Crippen MR) is 44.8 cm³/mol. The van der Waals surface area contributed by atoms with Gasteiger partial charge in [-0.05, 0) is 12.3 Å². The van der Waals surface area contributed by atoms with Crippen molar-refractivity contribution in [3.63, 3.8) is 0 Å². The third-order valence-electron chi connectivity index (χ3n) is 1.42. The van der Waals surface area contributed by atoms with Crippen LogP contribution in [-0.2, 0) is 0 Å². The molecule has 58 valence electrons. The van der Waals surface area contributed by atoms with Gasteiger partial charge in [-0.2, -0.15) is 0 Å². The number of aliphatic hydroxyl groups excluding tert-OH is 1. The number of rotatable bonds is 4. The van der Waals surface area contributed by atoms with Crippen LogP contribution in [0.4, 0.5) is 0 Å². The molecule has 0 saturated heterocycles. The van der Waals surface area contributed by atoms with Crippen LogP contribution in [0.5, 0.6) is 0 Å². The zero-order valence-electron chi connectivity index (χ0n) is 6.75. The maximum atomic E-state index is 9.27. The lowest BCUT2D eigenvalue weighted by atomic mass is 10.0. The third-order valence-corrected chi connectivity index (χ3v) is 1.42. The Morgan fingerprint density at radius 3 is 2.50 bits per heavy atom. The van der Waals surface area contributed by atoms with Gasteiger partial charge in [-0.15, -0.1) is 0 Å². The highest BCUT2D eigenvalue weighted by molar-refractivity contribution is 4.97. The van der Waals surface area contributed by atoms with E-state index >= 15 is 0 Å². The maximum Gasteiger partial charge on any atom is 0.0597 e. The van der Waals surface area contributed by atoms with Crippen molar-refractivity contribution in [2.75, 3.05) is 0 Å².